The summed E-state index contributed by atoms with van der Waals surface area (Å²) in [6, 6.07) is 14.5. The van der Waals surface area contributed by atoms with E-state index in [2.05, 4.69) is 10.6 Å². The predicted molar refractivity (Wildman–Crippen MR) is 90.6 cm³/mol. The number of aryl methyl sites for hydroxylation is 1. The van der Waals surface area contributed by atoms with Gasteiger partial charge in [-0.1, -0.05) is 24.3 Å². The Labute approximate surface area is 135 Å². The highest BCUT2D eigenvalue weighted by molar-refractivity contribution is 5.95. The second-order valence-electron chi connectivity index (χ2n) is 5.28. The van der Waals surface area contributed by atoms with Crippen molar-refractivity contribution in [1.82, 2.24) is 0 Å². The van der Waals surface area contributed by atoms with Crippen molar-refractivity contribution in [2.45, 2.75) is 26.9 Å². The average Bonchev–Trinajstić information content (AvgIpc) is 2.49. The first-order valence-corrected chi connectivity index (χ1v) is 7.36. The minimum Gasteiger partial charge on any atom is -0.481 e. The first-order chi connectivity index (χ1) is 11.0. The van der Waals surface area contributed by atoms with Gasteiger partial charge in [-0.2, -0.15) is 0 Å². The molecule has 0 unspecified atom stereocenters. The van der Waals surface area contributed by atoms with Crippen LogP contribution in [0.1, 0.15) is 19.4 Å². The smallest absolute Gasteiger partial charge is 0.265 e. The molecule has 2 aromatic carbocycles. The zero-order valence-corrected chi connectivity index (χ0v) is 13.4. The summed E-state index contributed by atoms with van der Waals surface area (Å²) in [5.41, 5.74) is 2.20. The van der Waals surface area contributed by atoms with Crippen LogP contribution in [0.5, 0.6) is 5.75 Å². The number of hydrogen-bond acceptors (Lipinski definition) is 3. The summed E-state index contributed by atoms with van der Waals surface area (Å²) in [6.45, 7) is 5.06. The molecule has 1 atom stereocenters. The lowest BCUT2D eigenvalue weighted by molar-refractivity contribution is -0.122. The fraction of sp³-hybridized carbons (Fsp3) is 0.222. The molecule has 23 heavy (non-hydrogen) atoms. The third-order valence-corrected chi connectivity index (χ3v) is 3.22. The van der Waals surface area contributed by atoms with Crippen molar-refractivity contribution in [3.05, 3.63) is 54.1 Å². The van der Waals surface area contributed by atoms with E-state index in [1.54, 1.807) is 31.2 Å². The van der Waals surface area contributed by atoms with Crippen molar-refractivity contribution in [2.24, 2.45) is 0 Å². The Morgan fingerprint density at radius 2 is 1.65 bits per heavy atom. The van der Waals surface area contributed by atoms with E-state index in [0.29, 0.717) is 17.1 Å². The molecule has 0 aliphatic heterocycles. The Bertz CT molecular complexity index is 713. The lowest BCUT2D eigenvalue weighted by Crippen LogP contribution is -2.30. The van der Waals surface area contributed by atoms with Crippen molar-refractivity contribution < 1.29 is 14.3 Å². The number of benzene rings is 2. The summed E-state index contributed by atoms with van der Waals surface area (Å²) in [4.78, 5) is 23.3. The van der Waals surface area contributed by atoms with Gasteiger partial charge in [0.1, 0.15) is 5.75 Å². The summed E-state index contributed by atoms with van der Waals surface area (Å²) in [6.07, 6.45) is -0.638. The molecule has 0 saturated heterocycles. The zero-order valence-electron chi connectivity index (χ0n) is 13.4. The van der Waals surface area contributed by atoms with Crippen LogP contribution in [-0.4, -0.2) is 17.9 Å². The molecule has 0 saturated carbocycles. The second kappa shape index (κ2) is 7.45. The molecule has 5 heteroatoms. The van der Waals surface area contributed by atoms with Crippen molar-refractivity contribution >= 4 is 23.2 Å². The molecule has 2 aromatic rings. The van der Waals surface area contributed by atoms with Gasteiger partial charge in [0.25, 0.3) is 5.91 Å². The van der Waals surface area contributed by atoms with Gasteiger partial charge in [-0.15, -0.1) is 0 Å². The van der Waals surface area contributed by atoms with E-state index in [0.717, 1.165) is 5.56 Å². The average molecular weight is 312 g/mol. The number of amides is 2. The molecule has 0 spiro atoms. The summed E-state index contributed by atoms with van der Waals surface area (Å²) < 4.78 is 5.69. The highest BCUT2D eigenvalue weighted by atomic mass is 16.5. The van der Waals surface area contributed by atoms with Crippen LogP contribution in [0.15, 0.2) is 48.5 Å². The molecule has 2 amide bonds. The molecule has 0 aromatic heterocycles. The monoisotopic (exact) mass is 312 g/mol. The van der Waals surface area contributed by atoms with Crippen LogP contribution in [0.25, 0.3) is 0 Å². The molecule has 0 bridgehead atoms. The molecule has 0 heterocycles. The lowest BCUT2D eigenvalue weighted by Gasteiger charge is -2.16. The summed E-state index contributed by atoms with van der Waals surface area (Å²) in [7, 11) is 0. The van der Waals surface area contributed by atoms with E-state index in [4.69, 9.17) is 4.74 Å². The maximum atomic E-state index is 12.2. The third kappa shape index (κ3) is 4.85. The molecule has 0 fully saturated rings. The molecule has 5 nitrogen and oxygen atoms in total. The number of ether oxygens (including phenoxy) is 1. The van der Waals surface area contributed by atoms with Gasteiger partial charge in [0.05, 0.1) is 0 Å². The molecule has 120 valence electrons. The number of para-hydroxylation sites is 1. The van der Waals surface area contributed by atoms with Gasteiger partial charge in [-0.25, -0.2) is 0 Å². The zero-order chi connectivity index (χ0) is 16.8. The standard InChI is InChI=1S/C18H20N2O3/c1-12-7-4-5-10-17(12)23-13(2)18(22)20-16-9-6-8-15(11-16)19-14(3)21/h4-11,13H,1-3H3,(H,19,21)(H,20,22)/t13-/m1/s1. The Morgan fingerprint density at radius 1 is 1.00 bits per heavy atom. The van der Waals surface area contributed by atoms with Crippen LogP contribution in [0.4, 0.5) is 11.4 Å². The topological polar surface area (TPSA) is 67.4 Å². The van der Waals surface area contributed by atoms with Crippen molar-refractivity contribution in [3.8, 4) is 5.75 Å². The Morgan fingerprint density at radius 3 is 2.30 bits per heavy atom. The highest BCUT2D eigenvalue weighted by Crippen LogP contribution is 2.19. The van der Waals surface area contributed by atoms with E-state index >= 15 is 0 Å². The van der Waals surface area contributed by atoms with Crippen LogP contribution >= 0.6 is 0 Å². The maximum absolute atomic E-state index is 12.2. The van der Waals surface area contributed by atoms with Gasteiger partial charge < -0.3 is 15.4 Å². The fourth-order valence-corrected chi connectivity index (χ4v) is 2.05. The predicted octanol–water partition coefficient (Wildman–Crippen LogP) is 3.36. The van der Waals surface area contributed by atoms with Crippen LogP contribution in [0.2, 0.25) is 0 Å². The molecule has 0 aliphatic carbocycles. The summed E-state index contributed by atoms with van der Waals surface area (Å²) in [5.74, 6) is 0.264. The maximum Gasteiger partial charge on any atom is 0.265 e. The van der Waals surface area contributed by atoms with E-state index in [1.807, 2.05) is 31.2 Å². The number of anilines is 2. The number of rotatable bonds is 5. The quantitative estimate of drug-likeness (QED) is 0.889. The van der Waals surface area contributed by atoms with Gasteiger partial charge in [-0.3, -0.25) is 9.59 Å². The first-order valence-electron chi connectivity index (χ1n) is 7.36. The number of carbonyl (C=O) groups is 2. The SMILES string of the molecule is CC(=O)Nc1cccc(NC(=O)[C@@H](C)Oc2ccccc2C)c1. The molecule has 2 N–H and O–H groups in total. The normalized spacial score (nSPS) is 11.4. The Kier molecular flexibility index (Phi) is 5.36. The Balaban J connectivity index is 2.01. The van der Waals surface area contributed by atoms with Gasteiger partial charge in [-0.05, 0) is 43.7 Å². The number of nitrogens with one attached hydrogen (secondary N) is 2. The number of hydrogen-bond donors (Lipinski definition) is 2. The minimum atomic E-state index is -0.638. The van der Waals surface area contributed by atoms with E-state index in [9.17, 15) is 9.59 Å². The summed E-state index contributed by atoms with van der Waals surface area (Å²) in [5, 5.41) is 5.45. The first kappa shape index (κ1) is 16.5. The van der Waals surface area contributed by atoms with Gasteiger partial charge in [0.2, 0.25) is 5.91 Å². The van der Waals surface area contributed by atoms with Crippen LogP contribution < -0.4 is 15.4 Å². The van der Waals surface area contributed by atoms with E-state index in [1.165, 1.54) is 6.92 Å². The molecule has 0 aliphatic rings. The van der Waals surface area contributed by atoms with Crippen molar-refractivity contribution in [2.75, 3.05) is 10.6 Å². The number of carbonyl (C=O) groups excluding carboxylic acids is 2. The lowest BCUT2D eigenvalue weighted by atomic mass is 10.2. The van der Waals surface area contributed by atoms with Gasteiger partial charge >= 0.3 is 0 Å². The molecule has 0 radical (unpaired) electrons. The fourth-order valence-electron chi connectivity index (χ4n) is 2.05. The van der Waals surface area contributed by atoms with E-state index in [-0.39, 0.29) is 11.8 Å². The van der Waals surface area contributed by atoms with Gasteiger partial charge in [0.15, 0.2) is 6.10 Å². The molecule has 2 rings (SSSR count). The highest BCUT2D eigenvalue weighted by Gasteiger charge is 2.15. The van der Waals surface area contributed by atoms with Crippen LogP contribution in [0, 0.1) is 6.92 Å². The largest absolute Gasteiger partial charge is 0.481 e. The third-order valence-electron chi connectivity index (χ3n) is 3.22. The molecular formula is C18H20N2O3. The van der Waals surface area contributed by atoms with E-state index < -0.39 is 6.10 Å². The minimum absolute atomic E-state index is 0.162. The van der Waals surface area contributed by atoms with Gasteiger partial charge in [0, 0.05) is 18.3 Å². The van der Waals surface area contributed by atoms with Crippen LogP contribution in [-0.2, 0) is 9.59 Å². The van der Waals surface area contributed by atoms with Crippen LogP contribution in [0.3, 0.4) is 0 Å². The Hall–Kier alpha value is -2.82. The molecular weight excluding hydrogens is 292 g/mol. The van der Waals surface area contributed by atoms with Crippen molar-refractivity contribution in [3.63, 3.8) is 0 Å². The summed E-state index contributed by atoms with van der Waals surface area (Å²) >= 11 is 0. The van der Waals surface area contributed by atoms with Crippen molar-refractivity contribution in [1.29, 1.82) is 0 Å². The second-order valence-corrected chi connectivity index (χ2v) is 5.28.